The molecule has 4 heteroatoms. The average molecular weight is 248 g/mol. The van der Waals surface area contributed by atoms with Crippen molar-refractivity contribution in [2.45, 2.75) is 5.03 Å². The zero-order valence-electron chi connectivity index (χ0n) is 6.26. The van der Waals surface area contributed by atoms with Crippen LogP contribution in [-0.2, 0) is 0 Å². The Morgan fingerprint density at radius 3 is 3.08 bits per heavy atom. The van der Waals surface area contributed by atoms with E-state index in [1.807, 2.05) is 0 Å². The third-order valence-corrected chi connectivity index (χ3v) is 2.52. The summed E-state index contributed by atoms with van der Waals surface area (Å²) in [7, 11) is 0. The Bertz CT molecular complexity index is 290. The molecule has 1 aromatic heterocycles. The molecule has 0 amide bonds. The quantitative estimate of drug-likeness (QED) is 0.601. The number of rotatable bonds is 3. The minimum Gasteiger partial charge on any atom is -0.246 e. The molecule has 0 aliphatic heterocycles. The Morgan fingerprint density at radius 1 is 1.75 bits per heavy atom. The maximum Gasteiger partial charge on any atom is 0.156 e. The Kier molecular flexibility index (Phi) is 3.75. The summed E-state index contributed by atoms with van der Waals surface area (Å²) in [5.74, 6) is 0.377. The fraction of sp³-hybridized carbons (Fsp3) is 0.125. The maximum absolute atomic E-state index is 13.0. The van der Waals surface area contributed by atoms with Crippen molar-refractivity contribution in [3.8, 4) is 0 Å². The summed E-state index contributed by atoms with van der Waals surface area (Å²) in [5.41, 5.74) is 0. The molecule has 0 fully saturated rings. The molecule has 0 saturated carbocycles. The van der Waals surface area contributed by atoms with E-state index < -0.39 is 0 Å². The molecule has 1 rings (SSSR count). The number of pyridine rings is 1. The van der Waals surface area contributed by atoms with Gasteiger partial charge in [-0.1, -0.05) is 17.8 Å². The van der Waals surface area contributed by atoms with Crippen molar-refractivity contribution in [2.24, 2.45) is 0 Å². The van der Waals surface area contributed by atoms with Gasteiger partial charge in [-0.05, 0) is 22.0 Å². The Hall–Kier alpha value is -0.350. The first-order valence-corrected chi connectivity index (χ1v) is 5.06. The van der Waals surface area contributed by atoms with Crippen LogP contribution in [0.25, 0.3) is 0 Å². The van der Waals surface area contributed by atoms with E-state index in [0.717, 1.165) is 0 Å². The topological polar surface area (TPSA) is 12.9 Å². The summed E-state index contributed by atoms with van der Waals surface area (Å²) in [6.07, 6.45) is 3.29. The highest BCUT2D eigenvalue weighted by atomic mass is 79.9. The molecule has 0 atom stereocenters. The number of hydrogen-bond donors (Lipinski definition) is 0. The Labute approximate surface area is 83.2 Å². The van der Waals surface area contributed by atoms with Crippen molar-refractivity contribution in [1.29, 1.82) is 0 Å². The predicted octanol–water partition coefficient (Wildman–Crippen LogP) is 3.26. The van der Waals surface area contributed by atoms with Gasteiger partial charge in [0.1, 0.15) is 5.03 Å². The summed E-state index contributed by atoms with van der Waals surface area (Å²) in [5, 5.41) is 0.415. The summed E-state index contributed by atoms with van der Waals surface area (Å²) in [4.78, 5) is 3.91. The molecular formula is C8H7BrFNS. The molecule has 12 heavy (non-hydrogen) atoms. The van der Waals surface area contributed by atoms with Gasteiger partial charge >= 0.3 is 0 Å². The van der Waals surface area contributed by atoms with E-state index in [1.54, 1.807) is 12.3 Å². The first-order chi connectivity index (χ1) is 5.74. The largest absolute Gasteiger partial charge is 0.246 e. The summed E-state index contributed by atoms with van der Waals surface area (Å²) >= 11 is 4.46. The summed E-state index contributed by atoms with van der Waals surface area (Å²) in [6.45, 7) is 3.54. The number of nitrogens with zero attached hydrogens (tertiary/aromatic N) is 1. The third-order valence-electron chi connectivity index (χ3n) is 1.11. The van der Waals surface area contributed by atoms with Crippen LogP contribution in [0.1, 0.15) is 0 Å². The second-order valence-electron chi connectivity index (χ2n) is 2.04. The zero-order chi connectivity index (χ0) is 8.97. The highest BCUT2D eigenvalue weighted by Crippen LogP contribution is 2.21. The van der Waals surface area contributed by atoms with Crippen molar-refractivity contribution in [3.05, 3.63) is 35.2 Å². The van der Waals surface area contributed by atoms with Gasteiger partial charge in [0.25, 0.3) is 0 Å². The molecule has 0 unspecified atom stereocenters. The molecule has 0 aliphatic carbocycles. The van der Waals surface area contributed by atoms with Gasteiger partial charge in [-0.15, -0.1) is 6.58 Å². The second kappa shape index (κ2) is 4.62. The van der Waals surface area contributed by atoms with E-state index in [1.165, 1.54) is 17.8 Å². The fourth-order valence-electron chi connectivity index (χ4n) is 0.646. The van der Waals surface area contributed by atoms with Crippen molar-refractivity contribution < 1.29 is 4.39 Å². The molecule has 0 aromatic carbocycles. The lowest BCUT2D eigenvalue weighted by Crippen LogP contribution is -1.86. The molecule has 1 heterocycles. The van der Waals surface area contributed by atoms with Crippen molar-refractivity contribution in [3.63, 3.8) is 0 Å². The lowest BCUT2D eigenvalue weighted by molar-refractivity contribution is 0.587. The van der Waals surface area contributed by atoms with E-state index in [2.05, 4.69) is 27.5 Å². The average Bonchev–Trinajstić information content (AvgIpc) is 2.03. The van der Waals surface area contributed by atoms with Crippen LogP contribution in [0.4, 0.5) is 4.39 Å². The standard InChI is InChI=1S/C8H7BrFNS/c1-2-3-12-8-7(10)4-6(9)5-11-8/h2,4-5H,1,3H2. The van der Waals surface area contributed by atoms with Gasteiger partial charge in [0, 0.05) is 16.4 Å². The highest BCUT2D eigenvalue weighted by Gasteiger charge is 2.02. The molecule has 64 valence electrons. The van der Waals surface area contributed by atoms with Crippen LogP contribution in [-0.4, -0.2) is 10.7 Å². The first-order valence-electron chi connectivity index (χ1n) is 3.29. The number of hydrogen-bond acceptors (Lipinski definition) is 2. The predicted molar refractivity (Wildman–Crippen MR) is 52.8 cm³/mol. The fourth-order valence-corrected chi connectivity index (χ4v) is 1.55. The molecule has 0 bridgehead atoms. The van der Waals surface area contributed by atoms with E-state index in [9.17, 15) is 4.39 Å². The van der Waals surface area contributed by atoms with Crippen LogP contribution in [0.15, 0.2) is 34.4 Å². The van der Waals surface area contributed by atoms with E-state index >= 15 is 0 Å². The molecule has 0 aliphatic rings. The van der Waals surface area contributed by atoms with Crippen LogP contribution in [0.3, 0.4) is 0 Å². The molecular weight excluding hydrogens is 241 g/mol. The molecule has 0 spiro atoms. The van der Waals surface area contributed by atoms with Gasteiger partial charge in [0.2, 0.25) is 0 Å². The monoisotopic (exact) mass is 247 g/mol. The van der Waals surface area contributed by atoms with Crippen molar-refractivity contribution in [1.82, 2.24) is 4.98 Å². The smallest absolute Gasteiger partial charge is 0.156 e. The molecule has 0 saturated heterocycles. The van der Waals surface area contributed by atoms with Crippen molar-refractivity contribution in [2.75, 3.05) is 5.75 Å². The van der Waals surface area contributed by atoms with Crippen LogP contribution in [0.2, 0.25) is 0 Å². The number of thioether (sulfide) groups is 1. The van der Waals surface area contributed by atoms with Crippen LogP contribution in [0, 0.1) is 5.82 Å². The SMILES string of the molecule is C=CCSc1ncc(Br)cc1F. The molecule has 0 radical (unpaired) electrons. The minimum absolute atomic E-state index is 0.295. The van der Waals surface area contributed by atoms with E-state index in [4.69, 9.17) is 0 Å². The van der Waals surface area contributed by atoms with Gasteiger partial charge in [-0.3, -0.25) is 0 Å². The van der Waals surface area contributed by atoms with Crippen LogP contribution >= 0.6 is 27.7 Å². The lowest BCUT2D eigenvalue weighted by atomic mass is 10.5. The molecule has 1 nitrogen and oxygen atoms in total. The normalized spacial score (nSPS) is 9.83. The second-order valence-corrected chi connectivity index (χ2v) is 3.96. The van der Waals surface area contributed by atoms with Crippen LogP contribution < -0.4 is 0 Å². The molecule has 0 N–H and O–H groups in total. The van der Waals surface area contributed by atoms with Crippen molar-refractivity contribution >= 4 is 27.7 Å². The minimum atomic E-state index is -0.295. The Balaban J connectivity index is 2.78. The highest BCUT2D eigenvalue weighted by molar-refractivity contribution is 9.10. The summed E-state index contributed by atoms with van der Waals surface area (Å²) < 4.78 is 13.7. The maximum atomic E-state index is 13.0. The number of aromatic nitrogens is 1. The molecule has 1 aromatic rings. The zero-order valence-corrected chi connectivity index (χ0v) is 8.66. The van der Waals surface area contributed by atoms with Gasteiger partial charge in [0.15, 0.2) is 5.82 Å². The Morgan fingerprint density at radius 2 is 2.50 bits per heavy atom. The lowest BCUT2D eigenvalue weighted by Gasteiger charge is -1.98. The third kappa shape index (κ3) is 2.60. The van der Waals surface area contributed by atoms with Gasteiger partial charge in [-0.2, -0.15) is 0 Å². The first kappa shape index (κ1) is 9.74. The van der Waals surface area contributed by atoms with Gasteiger partial charge < -0.3 is 0 Å². The summed E-state index contributed by atoms with van der Waals surface area (Å²) in [6, 6.07) is 1.40. The number of halogens is 2. The van der Waals surface area contributed by atoms with Crippen LogP contribution in [0.5, 0.6) is 0 Å². The van der Waals surface area contributed by atoms with Gasteiger partial charge in [0.05, 0.1) is 0 Å². The van der Waals surface area contributed by atoms with Gasteiger partial charge in [-0.25, -0.2) is 9.37 Å². The van der Waals surface area contributed by atoms with E-state index in [-0.39, 0.29) is 5.82 Å². The van der Waals surface area contributed by atoms with E-state index in [0.29, 0.717) is 15.3 Å².